The largest absolute Gasteiger partial charge is 0.462 e. The highest BCUT2D eigenvalue weighted by molar-refractivity contribution is 5.67. The number of hydrogen-bond donors (Lipinski definition) is 1. The van der Waals surface area contributed by atoms with Crippen molar-refractivity contribution in [2.45, 2.75) is 136 Å². The lowest BCUT2D eigenvalue weighted by molar-refractivity contribution is -0.152. The molecule has 5 nitrogen and oxygen atoms in total. The van der Waals surface area contributed by atoms with E-state index in [1.165, 1.54) is 58.8 Å². The molecule has 6 atom stereocenters. The third kappa shape index (κ3) is 6.89. The van der Waals surface area contributed by atoms with E-state index in [1.807, 2.05) is 13.8 Å². The molecule has 0 amide bonds. The predicted molar refractivity (Wildman–Crippen MR) is 155 cm³/mol. The van der Waals surface area contributed by atoms with Crippen LogP contribution in [0.1, 0.15) is 119 Å². The highest BCUT2D eigenvalue weighted by atomic mass is 16.6. The summed E-state index contributed by atoms with van der Waals surface area (Å²) >= 11 is 0. The zero-order chi connectivity index (χ0) is 28.6. The van der Waals surface area contributed by atoms with Crippen LogP contribution >= 0.6 is 0 Å². The van der Waals surface area contributed by atoms with E-state index >= 15 is 0 Å². The fourth-order valence-corrected chi connectivity index (χ4v) is 8.71. The van der Waals surface area contributed by atoms with Gasteiger partial charge < -0.3 is 14.6 Å². The Morgan fingerprint density at radius 2 is 1.74 bits per heavy atom. The summed E-state index contributed by atoms with van der Waals surface area (Å²) in [7, 11) is 0. The topological polar surface area (TPSA) is 72.8 Å². The summed E-state index contributed by atoms with van der Waals surface area (Å²) in [6.07, 6.45) is 16.9. The first-order valence-corrected chi connectivity index (χ1v) is 15.4. The number of ether oxygens (including phenoxy) is 2. The SMILES string of the molecule is C=C1/C(=C\C=C2CCC[C@@]3(C)C2CC[C@@H]3[C@](C)(CCCC(C)(C)O)C2CC2)C[C@@H](OC(C)=O)CC1OC(C)=O. The van der Waals surface area contributed by atoms with Crippen molar-refractivity contribution in [1.82, 2.24) is 0 Å². The summed E-state index contributed by atoms with van der Waals surface area (Å²) in [6.45, 7) is 16.1. The molecule has 0 heterocycles. The molecule has 4 rings (SSSR count). The number of carbonyl (C=O) groups is 2. The molecule has 0 spiro atoms. The Hall–Kier alpha value is -1.88. The van der Waals surface area contributed by atoms with E-state index < -0.39 is 11.7 Å². The van der Waals surface area contributed by atoms with Crippen LogP contribution < -0.4 is 0 Å². The number of rotatable bonds is 9. The van der Waals surface area contributed by atoms with Crippen molar-refractivity contribution in [2.75, 3.05) is 0 Å². The van der Waals surface area contributed by atoms with Crippen molar-refractivity contribution < 1.29 is 24.2 Å². The highest BCUT2D eigenvalue weighted by Gasteiger charge is 2.58. The molecule has 0 bridgehead atoms. The maximum atomic E-state index is 11.7. The second-order valence-corrected chi connectivity index (χ2v) is 14.2. The van der Waals surface area contributed by atoms with Crippen molar-refractivity contribution in [3.05, 3.63) is 35.5 Å². The van der Waals surface area contributed by atoms with Gasteiger partial charge in [-0.3, -0.25) is 9.59 Å². The van der Waals surface area contributed by atoms with Crippen molar-refractivity contribution in [2.24, 2.45) is 28.6 Å². The smallest absolute Gasteiger partial charge is 0.303 e. The van der Waals surface area contributed by atoms with Crippen LogP contribution in [-0.4, -0.2) is 34.9 Å². The zero-order valence-corrected chi connectivity index (χ0v) is 25.3. The summed E-state index contributed by atoms with van der Waals surface area (Å²) in [5.74, 6) is 1.48. The molecule has 0 radical (unpaired) electrons. The maximum absolute atomic E-state index is 11.7. The van der Waals surface area contributed by atoms with Crippen LogP contribution in [0.5, 0.6) is 0 Å². The van der Waals surface area contributed by atoms with E-state index in [9.17, 15) is 14.7 Å². The molecule has 4 fully saturated rings. The molecule has 4 aliphatic rings. The molecule has 39 heavy (non-hydrogen) atoms. The van der Waals surface area contributed by atoms with E-state index in [0.717, 1.165) is 36.3 Å². The highest BCUT2D eigenvalue weighted by Crippen LogP contribution is 2.67. The van der Waals surface area contributed by atoms with Gasteiger partial charge in [0.05, 0.1) is 5.60 Å². The monoisotopic (exact) mass is 540 g/mol. The normalized spacial score (nSPS) is 35.0. The lowest BCUT2D eigenvalue weighted by atomic mass is 9.55. The van der Waals surface area contributed by atoms with Crippen molar-refractivity contribution in [3.8, 4) is 0 Å². The maximum Gasteiger partial charge on any atom is 0.303 e. The Kier molecular flexibility index (Phi) is 8.91. The second-order valence-electron chi connectivity index (χ2n) is 14.2. The van der Waals surface area contributed by atoms with E-state index in [4.69, 9.17) is 9.47 Å². The molecule has 0 aromatic heterocycles. The fraction of sp³-hybridized carbons (Fsp3) is 0.765. The minimum Gasteiger partial charge on any atom is -0.462 e. The number of allylic oxidation sites excluding steroid dienone is 3. The average Bonchev–Trinajstić information content (AvgIpc) is 3.60. The molecular weight excluding hydrogens is 488 g/mol. The van der Waals surface area contributed by atoms with Crippen molar-refractivity contribution in [1.29, 1.82) is 0 Å². The molecule has 1 N–H and O–H groups in total. The van der Waals surface area contributed by atoms with Crippen LogP contribution in [0, 0.1) is 28.6 Å². The molecular formula is C34H52O5. The standard InChI is InChI=1S/C34H52O5/c1-22-26(20-28(38-23(2)35)21-30(22)39-24(3)36)12-11-25-10-8-18-34(7)29(25)15-16-31(34)33(6,27-13-14-27)19-9-17-32(4,5)37/h11-12,27-31,37H,1,8-10,13-21H2,2-7H3/b25-11?,26-12-/t28-,29?,30?,31-,33-,34+/m1/s1. The van der Waals surface area contributed by atoms with Crippen LogP contribution in [-0.2, 0) is 19.1 Å². The average molecular weight is 541 g/mol. The van der Waals surface area contributed by atoms with Gasteiger partial charge in [0.2, 0.25) is 0 Å². The van der Waals surface area contributed by atoms with Crippen LogP contribution in [0.2, 0.25) is 0 Å². The molecule has 4 aliphatic carbocycles. The molecule has 0 aromatic carbocycles. The molecule has 0 saturated heterocycles. The number of fused-ring (bicyclic) bond motifs is 1. The Labute approximate surface area is 236 Å². The molecule has 2 unspecified atom stereocenters. The Balaban J connectivity index is 1.55. The second kappa shape index (κ2) is 11.5. The van der Waals surface area contributed by atoms with Gasteiger partial charge in [0.1, 0.15) is 12.2 Å². The number of esters is 2. The van der Waals surface area contributed by atoms with E-state index in [0.29, 0.717) is 35.5 Å². The fourth-order valence-electron chi connectivity index (χ4n) is 8.71. The van der Waals surface area contributed by atoms with Crippen LogP contribution in [0.15, 0.2) is 35.5 Å². The lowest BCUT2D eigenvalue weighted by Crippen LogP contribution is -2.42. The van der Waals surface area contributed by atoms with Gasteiger partial charge in [-0.1, -0.05) is 44.6 Å². The number of hydrogen-bond acceptors (Lipinski definition) is 5. The van der Waals surface area contributed by atoms with Gasteiger partial charge in [0, 0.05) is 26.7 Å². The van der Waals surface area contributed by atoms with E-state index in [2.05, 4.69) is 32.6 Å². The molecule has 0 aromatic rings. The number of aliphatic hydroxyl groups is 1. The van der Waals surface area contributed by atoms with Crippen LogP contribution in [0.25, 0.3) is 0 Å². The zero-order valence-electron chi connectivity index (χ0n) is 25.3. The molecule has 4 saturated carbocycles. The third-order valence-electron chi connectivity index (χ3n) is 10.6. The first-order chi connectivity index (χ1) is 18.2. The van der Waals surface area contributed by atoms with Crippen LogP contribution in [0.3, 0.4) is 0 Å². The number of carbonyl (C=O) groups excluding carboxylic acids is 2. The lowest BCUT2D eigenvalue weighted by Gasteiger charge is -2.50. The summed E-state index contributed by atoms with van der Waals surface area (Å²) in [5.41, 5.74) is 3.44. The van der Waals surface area contributed by atoms with Gasteiger partial charge in [0.15, 0.2) is 0 Å². The molecule has 5 heteroatoms. The van der Waals surface area contributed by atoms with Gasteiger partial charge in [-0.15, -0.1) is 0 Å². The minimum atomic E-state index is -0.590. The Morgan fingerprint density at radius 3 is 2.36 bits per heavy atom. The van der Waals surface area contributed by atoms with Gasteiger partial charge in [-0.2, -0.15) is 0 Å². The Bertz CT molecular complexity index is 1010. The van der Waals surface area contributed by atoms with E-state index in [-0.39, 0.29) is 18.0 Å². The van der Waals surface area contributed by atoms with Gasteiger partial charge in [-0.25, -0.2) is 0 Å². The molecule has 0 aliphatic heterocycles. The summed E-state index contributed by atoms with van der Waals surface area (Å²) in [5, 5.41) is 10.3. The summed E-state index contributed by atoms with van der Waals surface area (Å²) in [6, 6.07) is 0. The first-order valence-electron chi connectivity index (χ1n) is 15.4. The predicted octanol–water partition coefficient (Wildman–Crippen LogP) is 7.63. The minimum absolute atomic E-state index is 0.304. The quantitative estimate of drug-likeness (QED) is 0.304. The van der Waals surface area contributed by atoms with E-state index in [1.54, 1.807) is 5.57 Å². The van der Waals surface area contributed by atoms with Crippen LogP contribution in [0.4, 0.5) is 0 Å². The summed E-state index contributed by atoms with van der Waals surface area (Å²) in [4.78, 5) is 23.4. The summed E-state index contributed by atoms with van der Waals surface area (Å²) < 4.78 is 11.1. The first kappa shape index (κ1) is 30.1. The Morgan fingerprint density at radius 1 is 1.05 bits per heavy atom. The van der Waals surface area contributed by atoms with Gasteiger partial charge in [-0.05, 0) is 111 Å². The van der Waals surface area contributed by atoms with Crippen molar-refractivity contribution in [3.63, 3.8) is 0 Å². The van der Waals surface area contributed by atoms with Gasteiger partial charge in [0.25, 0.3) is 0 Å². The molecule has 218 valence electrons. The third-order valence-corrected chi connectivity index (χ3v) is 10.6. The van der Waals surface area contributed by atoms with Gasteiger partial charge >= 0.3 is 11.9 Å². The van der Waals surface area contributed by atoms with Crippen molar-refractivity contribution >= 4 is 11.9 Å².